The highest BCUT2D eigenvalue weighted by Crippen LogP contribution is 2.25. The number of ether oxygens (including phenoxy) is 1. The third kappa shape index (κ3) is 5.29. The first-order chi connectivity index (χ1) is 16.0. The topological polar surface area (TPSA) is 110 Å². The summed E-state index contributed by atoms with van der Waals surface area (Å²) >= 11 is 0. The number of nitrogens with zero attached hydrogens (tertiary/aromatic N) is 2. The lowest BCUT2D eigenvalue weighted by Crippen LogP contribution is -2.38. The van der Waals surface area contributed by atoms with Gasteiger partial charge < -0.3 is 15.4 Å². The number of carbonyl (C=O) groups is 2. The monoisotopic (exact) mass is 484 g/mol. The number of fused-ring (bicyclic) bond motifs is 1. The first-order valence-electron chi connectivity index (χ1n) is 10.6. The number of hydrogen-bond acceptors (Lipinski definition) is 5. The summed E-state index contributed by atoms with van der Waals surface area (Å²) in [4.78, 5) is 25.8. The molecule has 0 aliphatic carbocycles. The van der Waals surface area contributed by atoms with Gasteiger partial charge in [-0.15, -0.1) is 0 Å². The van der Waals surface area contributed by atoms with Crippen molar-refractivity contribution in [3.8, 4) is 5.75 Å². The Balaban J connectivity index is 2.09. The number of methoxy groups -OCH3 is 1. The molecule has 2 amide bonds. The van der Waals surface area contributed by atoms with Crippen LogP contribution in [0, 0.1) is 0 Å². The van der Waals surface area contributed by atoms with Crippen LogP contribution in [0.5, 0.6) is 5.75 Å². The number of rotatable bonds is 8. The Labute approximate surface area is 199 Å². The van der Waals surface area contributed by atoms with E-state index in [1.807, 2.05) is 0 Å². The molecule has 2 N–H and O–H groups in total. The van der Waals surface area contributed by atoms with E-state index in [0.717, 1.165) is 8.28 Å². The summed E-state index contributed by atoms with van der Waals surface area (Å²) in [5.74, 6) is -0.388. The van der Waals surface area contributed by atoms with E-state index >= 15 is 0 Å². The summed E-state index contributed by atoms with van der Waals surface area (Å²) in [6, 6.07) is 13.2. The Morgan fingerprint density at radius 3 is 2.29 bits per heavy atom. The standard InChI is InChI=1S/C24H28N4O5S/c1-16(2)25-24(30)21(26-23(29)17-10-12-19(33-5)13-11-17)14-18-15-28(34(31,32)27(3)4)22-9-7-6-8-20(18)22/h6-16H,1-5H3,(H,25,30)(H,26,29). The maximum atomic E-state index is 12.9. The number of para-hydroxylation sites is 1. The SMILES string of the molecule is COc1ccc(C(=O)NC(=Cc2cn(S(=O)(=O)N(C)C)c3ccccc23)C(=O)NC(C)C)cc1. The molecule has 0 aliphatic heterocycles. The first kappa shape index (κ1) is 25.0. The van der Waals surface area contributed by atoms with Gasteiger partial charge in [0.2, 0.25) is 0 Å². The Kier molecular flexibility index (Phi) is 7.43. The molecule has 0 aliphatic rings. The molecule has 1 heterocycles. The van der Waals surface area contributed by atoms with E-state index in [9.17, 15) is 18.0 Å². The van der Waals surface area contributed by atoms with Gasteiger partial charge in [-0.2, -0.15) is 12.7 Å². The van der Waals surface area contributed by atoms with Crippen LogP contribution in [0.25, 0.3) is 17.0 Å². The predicted molar refractivity (Wildman–Crippen MR) is 132 cm³/mol. The molecule has 0 radical (unpaired) electrons. The zero-order valence-electron chi connectivity index (χ0n) is 19.7. The molecule has 10 heteroatoms. The summed E-state index contributed by atoms with van der Waals surface area (Å²) in [5.41, 5.74) is 1.24. The maximum Gasteiger partial charge on any atom is 0.307 e. The van der Waals surface area contributed by atoms with E-state index < -0.39 is 22.0 Å². The van der Waals surface area contributed by atoms with Gasteiger partial charge in [0.1, 0.15) is 11.4 Å². The Hall–Kier alpha value is -3.63. The lowest BCUT2D eigenvalue weighted by Gasteiger charge is -2.13. The average molecular weight is 485 g/mol. The van der Waals surface area contributed by atoms with Crippen molar-refractivity contribution in [2.24, 2.45) is 0 Å². The maximum absolute atomic E-state index is 12.9. The third-order valence-corrected chi connectivity index (χ3v) is 6.71. The Morgan fingerprint density at radius 2 is 1.71 bits per heavy atom. The molecule has 3 rings (SSSR count). The summed E-state index contributed by atoms with van der Waals surface area (Å²) in [5, 5.41) is 6.04. The summed E-state index contributed by atoms with van der Waals surface area (Å²) < 4.78 is 33.1. The summed E-state index contributed by atoms with van der Waals surface area (Å²) in [7, 11) is 0.599. The Bertz CT molecular complexity index is 1340. The van der Waals surface area contributed by atoms with Crippen LogP contribution in [0.4, 0.5) is 0 Å². The van der Waals surface area contributed by atoms with E-state index in [1.54, 1.807) is 62.4 Å². The number of aromatic nitrogens is 1. The molecule has 9 nitrogen and oxygen atoms in total. The van der Waals surface area contributed by atoms with Gasteiger partial charge in [-0.25, -0.2) is 3.97 Å². The molecule has 1 aromatic heterocycles. The third-order valence-electron chi connectivity index (χ3n) is 4.98. The van der Waals surface area contributed by atoms with E-state index in [4.69, 9.17) is 4.74 Å². The van der Waals surface area contributed by atoms with Gasteiger partial charge in [0, 0.05) is 42.8 Å². The van der Waals surface area contributed by atoms with Gasteiger partial charge in [-0.05, 0) is 50.3 Å². The van der Waals surface area contributed by atoms with E-state index in [0.29, 0.717) is 27.8 Å². The molecule has 2 aromatic carbocycles. The second-order valence-corrected chi connectivity index (χ2v) is 10.1. The molecule has 3 aromatic rings. The van der Waals surface area contributed by atoms with E-state index in [1.165, 1.54) is 33.5 Å². The first-order valence-corrected chi connectivity index (χ1v) is 12.0. The van der Waals surface area contributed by atoms with Gasteiger partial charge in [0.25, 0.3) is 11.8 Å². The lowest BCUT2D eigenvalue weighted by molar-refractivity contribution is -0.118. The normalized spacial score (nSPS) is 12.3. The van der Waals surface area contributed by atoms with Crippen LogP contribution < -0.4 is 15.4 Å². The molecule has 0 bridgehead atoms. The van der Waals surface area contributed by atoms with Crippen molar-refractivity contribution in [3.05, 3.63) is 71.6 Å². The van der Waals surface area contributed by atoms with Crippen LogP contribution in [0.3, 0.4) is 0 Å². The smallest absolute Gasteiger partial charge is 0.307 e. The number of benzene rings is 2. The fourth-order valence-electron chi connectivity index (χ4n) is 3.25. The number of carbonyl (C=O) groups excluding carboxylic acids is 2. The van der Waals surface area contributed by atoms with Crippen LogP contribution >= 0.6 is 0 Å². The second-order valence-electron chi connectivity index (χ2n) is 8.06. The molecular formula is C24H28N4O5S. The van der Waals surface area contributed by atoms with Crippen molar-refractivity contribution in [2.75, 3.05) is 21.2 Å². The number of nitrogens with one attached hydrogen (secondary N) is 2. The number of amides is 2. The van der Waals surface area contributed by atoms with Gasteiger partial charge in [0.15, 0.2) is 0 Å². The van der Waals surface area contributed by atoms with Crippen molar-refractivity contribution in [3.63, 3.8) is 0 Å². The van der Waals surface area contributed by atoms with Crippen molar-refractivity contribution < 1.29 is 22.7 Å². The van der Waals surface area contributed by atoms with Crippen LogP contribution in [-0.4, -0.2) is 55.8 Å². The van der Waals surface area contributed by atoms with E-state index in [2.05, 4.69) is 10.6 Å². The molecule has 0 fully saturated rings. The molecule has 0 atom stereocenters. The van der Waals surface area contributed by atoms with Crippen molar-refractivity contribution in [2.45, 2.75) is 19.9 Å². The zero-order chi connectivity index (χ0) is 25.0. The molecule has 0 saturated carbocycles. The molecule has 0 saturated heterocycles. The summed E-state index contributed by atoms with van der Waals surface area (Å²) in [6.07, 6.45) is 2.91. The molecule has 34 heavy (non-hydrogen) atoms. The minimum absolute atomic E-state index is 0.0142. The van der Waals surface area contributed by atoms with Gasteiger partial charge in [-0.3, -0.25) is 9.59 Å². The fraction of sp³-hybridized carbons (Fsp3) is 0.250. The molecule has 0 unspecified atom stereocenters. The largest absolute Gasteiger partial charge is 0.497 e. The van der Waals surface area contributed by atoms with Crippen molar-refractivity contribution in [1.82, 2.24) is 18.9 Å². The van der Waals surface area contributed by atoms with Crippen LogP contribution in [0.1, 0.15) is 29.8 Å². The minimum atomic E-state index is -3.81. The zero-order valence-corrected chi connectivity index (χ0v) is 20.5. The quantitative estimate of drug-likeness (QED) is 0.478. The fourth-order valence-corrected chi connectivity index (χ4v) is 4.25. The van der Waals surface area contributed by atoms with Gasteiger partial charge in [-0.1, -0.05) is 18.2 Å². The highest BCUT2D eigenvalue weighted by Gasteiger charge is 2.22. The van der Waals surface area contributed by atoms with E-state index in [-0.39, 0.29) is 11.7 Å². The highest BCUT2D eigenvalue weighted by atomic mass is 32.2. The minimum Gasteiger partial charge on any atom is -0.497 e. The molecule has 180 valence electrons. The van der Waals surface area contributed by atoms with Crippen molar-refractivity contribution >= 4 is 39.0 Å². The molecule has 0 spiro atoms. The van der Waals surface area contributed by atoms with Crippen LogP contribution in [0.15, 0.2) is 60.4 Å². The Morgan fingerprint density at radius 1 is 1.06 bits per heavy atom. The number of hydrogen-bond donors (Lipinski definition) is 2. The second kappa shape index (κ2) is 10.1. The van der Waals surface area contributed by atoms with Crippen LogP contribution in [-0.2, 0) is 15.0 Å². The van der Waals surface area contributed by atoms with Crippen LogP contribution in [0.2, 0.25) is 0 Å². The van der Waals surface area contributed by atoms with Crippen molar-refractivity contribution in [1.29, 1.82) is 0 Å². The lowest BCUT2D eigenvalue weighted by atomic mass is 10.1. The van der Waals surface area contributed by atoms with Gasteiger partial charge >= 0.3 is 10.2 Å². The molecular weight excluding hydrogens is 456 g/mol. The predicted octanol–water partition coefficient (Wildman–Crippen LogP) is 2.60. The highest BCUT2D eigenvalue weighted by molar-refractivity contribution is 7.87. The van der Waals surface area contributed by atoms with Gasteiger partial charge in [0.05, 0.1) is 12.6 Å². The average Bonchev–Trinajstić information content (AvgIpc) is 3.17. The summed E-state index contributed by atoms with van der Waals surface area (Å²) in [6.45, 7) is 3.60.